The van der Waals surface area contributed by atoms with Crippen LogP contribution in [0.25, 0.3) is 0 Å². The summed E-state index contributed by atoms with van der Waals surface area (Å²) in [5.74, 6) is -0.198. The van der Waals surface area contributed by atoms with E-state index >= 15 is 0 Å². The number of hydrogen-bond acceptors (Lipinski definition) is 6. The molecule has 0 unspecified atom stereocenters. The van der Waals surface area contributed by atoms with Crippen LogP contribution in [0, 0.1) is 0 Å². The summed E-state index contributed by atoms with van der Waals surface area (Å²) in [4.78, 5) is 29.5. The lowest BCUT2D eigenvalue weighted by Crippen LogP contribution is -2.53. The molecule has 1 N–H and O–H groups in total. The van der Waals surface area contributed by atoms with Gasteiger partial charge in [0.1, 0.15) is 12.6 Å². The Morgan fingerprint density at radius 1 is 0.822 bits per heavy atom. The first-order chi connectivity index (χ1) is 21.7. The highest BCUT2D eigenvalue weighted by atomic mass is 79.9. The number of rotatable bonds is 14. The number of anilines is 1. The molecular formula is C34H36BrN3O6S. The van der Waals surface area contributed by atoms with Crippen LogP contribution in [0.15, 0.2) is 112 Å². The Kier molecular flexibility index (Phi) is 11.6. The molecule has 236 valence electrons. The van der Waals surface area contributed by atoms with E-state index in [4.69, 9.17) is 9.47 Å². The molecule has 0 fully saturated rings. The van der Waals surface area contributed by atoms with E-state index in [0.717, 1.165) is 19.9 Å². The van der Waals surface area contributed by atoms with Crippen LogP contribution in [0.2, 0.25) is 0 Å². The van der Waals surface area contributed by atoms with Crippen LogP contribution >= 0.6 is 15.9 Å². The lowest BCUT2D eigenvalue weighted by atomic mass is 10.0. The number of likely N-dealkylation sites (N-methyl/N-ethyl adjacent to an activating group) is 1. The van der Waals surface area contributed by atoms with Gasteiger partial charge in [-0.25, -0.2) is 8.42 Å². The van der Waals surface area contributed by atoms with Crippen molar-refractivity contribution in [3.8, 4) is 11.5 Å². The Bertz CT molecular complexity index is 1700. The summed E-state index contributed by atoms with van der Waals surface area (Å²) in [7, 11) is -1.31. The fourth-order valence-corrected chi connectivity index (χ4v) is 6.78. The molecule has 0 aliphatic heterocycles. The molecule has 4 aromatic carbocycles. The van der Waals surface area contributed by atoms with E-state index in [0.29, 0.717) is 18.0 Å². The molecule has 2 amide bonds. The average Bonchev–Trinajstić information content (AvgIpc) is 3.05. The van der Waals surface area contributed by atoms with Gasteiger partial charge in [0.2, 0.25) is 11.8 Å². The van der Waals surface area contributed by atoms with Gasteiger partial charge in [-0.2, -0.15) is 0 Å². The molecule has 4 rings (SSSR count). The molecular weight excluding hydrogens is 658 g/mol. The van der Waals surface area contributed by atoms with Gasteiger partial charge in [-0.15, -0.1) is 0 Å². The molecule has 0 heterocycles. The predicted octanol–water partition coefficient (Wildman–Crippen LogP) is 5.44. The van der Waals surface area contributed by atoms with E-state index in [-0.39, 0.29) is 29.5 Å². The van der Waals surface area contributed by atoms with E-state index in [2.05, 4.69) is 21.2 Å². The fraction of sp³-hybridized carbons (Fsp3) is 0.235. The lowest BCUT2D eigenvalue weighted by molar-refractivity contribution is -0.140. The molecule has 0 aliphatic rings. The van der Waals surface area contributed by atoms with Gasteiger partial charge in [-0.1, -0.05) is 76.6 Å². The fourth-order valence-electron chi connectivity index (χ4n) is 4.91. The highest BCUT2D eigenvalue weighted by Crippen LogP contribution is 2.34. The highest BCUT2D eigenvalue weighted by Gasteiger charge is 2.34. The van der Waals surface area contributed by atoms with Gasteiger partial charge < -0.3 is 19.7 Å². The predicted molar refractivity (Wildman–Crippen MR) is 178 cm³/mol. The van der Waals surface area contributed by atoms with Gasteiger partial charge in [-0.05, 0) is 54.4 Å². The molecule has 0 spiro atoms. The minimum atomic E-state index is -4.24. The molecule has 4 aromatic rings. The van der Waals surface area contributed by atoms with E-state index in [1.165, 1.54) is 37.3 Å². The van der Waals surface area contributed by atoms with Crippen molar-refractivity contribution in [1.29, 1.82) is 0 Å². The first-order valence-electron chi connectivity index (χ1n) is 14.3. The zero-order valence-electron chi connectivity index (χ0n) is 25.4. The minimum Gasteiger partial charge on any atom is -0.493 e. The normalized spacial score (nSPS) is 11.7. The molecule has 11 heteroatoms. The number of benzene rings is 4. The lowest BCUT2D eigenvalue weighted by Gasteiger charge is -2.34. The van der Waals surface area contributed by atoms with Crippen molar-refractivity contribution < 1.29 is 27.5 Å². The number of amides is 2. The minimum absolute atomic E-state index is 0.00989. The number of methoxy groups -OCH3 is 2. The van der Waals surface area contributed by atoms with E-state index in [1.54, 1.807) is 30.3 Å². The molecule has 0 radical (unpaired) electrons. The number of nitrogens with zero attached hydrogens (tertiary/aromatic N) is 2. The largest absolute Gasteiger partial charge is 0.493 e. The maximum absolute atomic E-state index is 14.5. The molecule has 9 nitrogen and oxygen atoms in total. The van der Waals surface area contributed by atoms with Crippen LogP contribution in [0.4, 0.5) is 5.69 Å². The molecule has 0 aliphatic carbocycles. The number of carbonyl (C=O) groups is 2. The Morgan fingerprint density at radius 3 is 2.09 bits per heavy atom. The van der Waals surface area contributed by atoms with Crippen molar-refractivity contribution >= 4 is 43.5 Å². The van der Waals surface area contributed by atoms with Crippen LogP contribution in [-0.4, -0.2) is 58.5 Å². The third-order valence-electron chi connectivity index (χ3n) is 7.13. The SMILES string of the molecule is CCNC(=O)[C@H](Cc1ccccc1)N(Cc1cccc(Br)c1)C(=O)CN(c1ccc(OC)c(OC)c1)S(=O)(=O)c1ccccc1. The zero-order valence-corrected chi connectivity index (χ0v) is 27.8. The number of carbonyl (C=O) groups excluding carboxylic acids is 2. The Morgan fingerprint density at radius 2 is 1.47 bits per heavy atom. The average molecular weight is 695 g/mol. The van der Waals surface area contributed by atoms with E-state index in [1.807, 2.05) is 61.5 Å². The maximum Gasteiger partial charge on any atom is 0.264 e. The Balaban J connectivity index is 1.83. The van der Waals surface area contributed by atoms with Crippen molar-refractivity contribution in [1.82, 2.24) is 10.2 Å². The second kappa shape index (κ2) is 15.6. The van der Waals surface area contributed by atoms with Crippen LogP contribution in [0.1, 0.15) is 18.1 Å². The first kappa shape index (κ1) is 33.5. The number of halogens is 1. The smallest absolute Gasteiger partial charge is 0.264 e. The summed E-state index contributed by atoms with van der Waals surface area (Å²) >= 11 is 3.49. The van der Waals surface area contributed by atoms with Crippen LogP contribution in [-0.2, 0) is 32.6 Å². The summed E-state index contributed by atoms with van der Waals surface area (Å²) in [5.41, 5.74) is 1.82. The number of ether oxygens (including phenoxy) is 2. The summed E-state index contributed by atoms with van der Waals surface area (Å²) < 4.78 is 40.9. The Hall–Kier alpha value is -4.35. The van der Waals surface area contributed by atoms with E-state index < -0.39 is 28.5 Å². The summed E-state index contributed by atoms with van der Waals surface area (Å²) in [6, 6.07) is 28.5. The van der Waals surface area contributed by atoms with E-state index in [9.17, 15) is 18.0 Å². The first-order valence-corrected chi connectivity index (χ1v) is 16.6. The van der Waals surface area contributed by atoms with Crippen molar-refractivity contribution in [2.24, 2.45) is 0 Å². The number of nitrogens with one attached hydrogen (secondary N) is 1. The molecule has 0 saturated heterocycles. The Labute approximate surface area is 273 Å². The van der Waals surface area contributed by atoms with Crippen molar-refractivity contribution in [2.45, 2.75) is 30.8 Å². The van der Waals surface area contributed by atoms with Gasteiger partial charge in [0.25, 0.3) is 10.0 Å². The third-order valence-corrected chi connectivity index (χ3v) is 9.41. The topological polar surface area (TPSA) is 105 Å². The molecule has 45 heavy (non-hydrogen) atoms. The quantitative estimate of drug-likeness (QED) is 0.189. The molecule has 0 bridgehead atoms. The second-order valence-electron chi connectivity index (χ2n) is 10.1. The second-order valence-corrected chi connectivity index (χ2v) is 12.9. The monoisotopic (exact) mass is 693 g/mol. The van der Waals surface area contributed by atoms with Gasteiger partial charge in [0.15, 0.2) is 11.5 Å². The number of hydrogen-bond donors (Lipinski definition) is 1. The molecule has 0 aromatic heterocycles. The zero-order chi connectivity index (χ0) is 32.4. The van der Waals surface area contributed by atoms with Crippen molar-refractivity contribution in [3.63, 3.8) is 0 Å². The van der Waals surface area contributed by atoms with Crippen LogP contribution < -0.4 is 19.1 Å². The highest BCUT2D eigenvalue weighted by molar-refractivity contribution is 9.10. The summed E-state index contributed by atoms with van der Waals surface area (Å²) in [6.07, 6.45) is 0.230. The van der Waals surface area contributed by atoms with Gasteiger partial charge >= 0.3 is 0 Å². The van der Waals surface area contributed by atoms with Crippen LogP contribution in [0.3, 0.4) is 0 Å². The summed E-state index contributed by atoms with van der Waals surface area (Å²) in [6.45, 7) is 1.66. The third kappa shape index (κ3) is 8.43. The molecule has 0 saturated carbocycles. The van der Waals surface area contributed by atoms with Gasteiger partial charge in [0.05, 0.1) is 24.8 Å². The standard InChI is InChI=1S/C34H36BrN3O6S/c1-4-36-34(40)30(21-25-12-7-5-8-13-25)37(23-26-14-11-15-27(35)20-26)33(39)24-38(45(41,42)29-16-9-6-10-17-29)28-18-19-31(43-2)32(22-28)44-3/h5-20,22,30H,4,21,23-24H2,1-3H3,(H,36,40)/t30-/m0/s1. The van der Waals surface area contributed by atoms with Crippen LogP contribution in [0.5, 0.6) is 11.5 Å². The van der Waals surface area contributed by atoms with Crippen molar-refractivity contribution in [2.75, 3.05) is 31.6 Å². The van der Waals surface area contributed by atoms with Gasteiger partial charge in [-0.3, -0.25) is 13.9 Å². The van der Waals surface area contributed by atoms with Crippen molar-refractivity contribution in [3.05, 3.63) is 119 Å². The maximum atomic E-state index is 14.5. The summed E-state index contributed by atoms with van der Waals surface area (Å²) in [5, 5.41) is 2.86. The molecule has 1 atom stereocenters. The number of sulfonamides is 1. The van der Waals surface area contributed by atoms with Gasteiger partial charge in [0, 0.05) is 30.0 Å².